The Balaban J connectivity index is 1.69. The molecular weight excluding hydrogens is 672 g/mol. The van der Waals surface area contributed by atoms with Gasteiger partial charge in [-0.15, -0.1) is 0 Å². The number of halogens is 3. The molecule has 0 N–H and O–H groups in total. The zero-order valence-corrected chi connectivity index (χ0v) is 25.8. The summed E-state index contributed by atoms with van der Waals surface area (Å²) in [6.45, 7) is 2.19. The highest BCUT2D eigenvalue weighted by Crippen LogP contribution is 2.63. The van der Waals surface area contributed by atoms with E-state index in [-0.39, 0.29) is 0 Å². The monoisotopic (exact) mass is 690 g/mol. The number of hydrogen-bond donors (Lipinski definition) is 0. The lowest BCUT2D eigenvalue weighted by atomic mass is 9.65. The predicted octanol–water partition coefficient (Wildman–Crippen LogP) is 11.4. The number of hydrogen-bond acceptors (Lipinski definition) is 0. The van der Waals surface area contributed by atoms with Crippen molar-refractivity contribution in [2.45, 2.75) is 12.3 Å². The minimum Gasteiger partial charge on any atom is -0.0619 e. The Hall–Kier alpha value is -2.98. The van der Waals surface area contributed by atoms with Gasteiger partial charge in [0.25, 0.3) is 0 Å². The van der Waals surface area contributed by atoms with Crippen molar-refractivity contribution < 1.29 is 0 Å². The summed E-state index contributed by atoms with van der Waals surface area (Å²) in [6, 6.07) is 40.8. The van der Waals surface area contributed by atoms with Gasteiger partial charge in [-0.25, -0.2) is 0 Å². The standard InChI is InChI=1S/C36H21Br3/c1-20-16-26-23-10-4-5-11-24(23)27-17-33(38)34(39)19-31(27)36(30(26)18-32(20)37)28-13-7-6-12-25(28)35-22-9-3-2-8-21(22)14-15-29(35)36/h2-19H,1H3. The molecule has 0 fully saturated rings. The SMILES string of the molecule is Cc1cc2c(cc1Br)C1(c3cc(Br)c(Br)cc3-c3ccccc3-2)c2ccccc2-c2c1ccc1ccccc21. The van der Waals surface area contributed by atoms with Crippen molar-refractivity contribution in [3.63, 3.8) is 0 Å². The summed E-state index contributed by atoms with van der Waals surface area (Å²) in [4.78, 5) is 0. The van der Waals surface area contributed by atoms with Gasteiger partial charge in [-0.3, -0.25) is 0 Å². The van der Waals surface area contributed by atoms with Gasteiger partial charge in [0.05, 0.1) is 5.41 Å². The highest BCUT2D eigenvalue weighted by atomic mass is 79.9. The molecule has 0 saturated carbocycles. The molecule has 186 valence electrons. The average molecular weight is 693 g/mol. The summed E-state index contributed by atoms with van der Waals surface area (Å²) < 4.78 is 3.24. The van der Waals surface area contributed by atoms with Gasteiger partial charge in [-0.1, -0.05) is 101 Å². The summed E-state index contributed by atoms with van der Waals surface area (Å²) in [6.07, 6.45) is 0. The molecule has 0 bridgehead atoms. The average Bonchev–Trinajstić information content (AvgIpc) is 3.22. The van der Waals surface area contributed by atoms with E-state index in [1.807, 2.05) is 0 Å². The van der Waals surface area contributed by atoms with Crippen LogP contribution in [0, 0.1) is 6.92 Å². The quantitative estimate of drug-likeness (QED) is 0.148. The third kappa shape index (κ3) is 3.10. The Morgan fingerprint density at radius 1 is 0.462 bits per heavy atom. The van der Waals surface area contributed by atoms with Crippen LogP contribution in [-0.2, 0) is 5.41 Å². The Morgan fingerprint density at radius 2 is 1.05 bits per heavy atom. The van der Waals surface area contributed by atoms with Crippen molar-refractivity contribution in [2.75, 3.05) is 0 Å². The third-order valence-corrected chi connectivity index (χ3v) is 11.3. The highest BCUT2D eigenvalue weighted by molar-refractivity contribution is 9.13. The van der Waals surface area contributed by atoms with Gasteiger partial charge >= 0.3 is 0 Å². The fourth-order valence-corrected chi connectivity index (χ4v) is 8.05. The lowest BCUT2D eigenvalue weighted by molar-refractivity contribution is 0.774. The van der Waals surface area contributed by atoms with Crippen LogP contribution in [0.2, 0.25) is 0 Å². The topological polar surface area (TPSA) is 0 Å². The number of rotatable bonds is 0. The van der Waals surface area contributed by atoms with Crippen LogP contribution in [0.15, 0.2) is 123 Å². The zero-order chi connectivity index (χ0) is 26.5. The van der Waals surface area contributed by atoms with Gasteiger partial charge in [-0.05, 0) is 135 Å². The first-order valence-electron chi connectivity index (χ1n) is 13.0. The van der Waals surface area contributed by atoms with Crippen LogP contribution < -0.4 is 0 Å². The number of benzene rings is 6. The largest absolute Gasteiger partial charge is 0.0726 e. The zero-order valence-electron chi connectivity index (χ0n) is 21.0. The predicted molar refractivity (Wildman–Crippen MR) is 174 cm³/mol. The van der Waals surface area contributed by atoms with Crippen LogP contribution in [0.25, 0.3) is 44.2 Å². The summed E-state index contributed by atoms with van der Waals surface area (Å²) in [5, 5.41) is 2.56. The Labute approximate surface area is 253 Å². The van der Waals surface area contributed by atoms with Crippen molar-refractivity contribution in [2.24, 2.45) is 0 Å². The maximum absolute atomic E-state index is 3.94. The summed E-state index contributed by atoms with van der Waals surface area (Å²) in [5.41, 5.74) is 13.7. The Bertz CT molecular complexity index is 1940. The molecule has 0 aromatic heterocycles. The molecule has 0 heterocycles. The second kappa shape index (κ2) is 8.51. The lowest BCUT2D eigenvalue weighted by Gasteiger charge is -2.36. The molecule has 6 aromatic carbocycles. The maximum atomic E-state index is 3.94. The highest BCUT2D eigenvalue weighted by Gasteiger charge is 2.50. The second-order valence-corrected chi connectivity index (χ2v) is 13.1. The molecule has 0 radical (unpaired) electrons. The van der Waals surface area contributed by atoms with Crippen LogP contribution in [-0.4, -0.2) is 0 Å². The Morgan fingerprint density at radius 3 is 1.82 bits per heavy atom. The first kappa shape index (κ1) is 23.9. The van der Waals surface area contributed by atoms with Gasteiger partial charge in [0.1, 0.15) is 0 Å². The van der Waals surface area contributed by atoms with Crippen LogP contribution in [0.1, 0.15) is 27.8 Å². The minimum atomic E-state index is -0.501. The summed E-state index contributed by atoms with van der Waals surface area (Å²) >= 11 is 11.7. The molecule has 3 heteroatoms. The van der Waals surface area contributed by atoms with Crippen molar-refractivity contribution in [1.29, 1.82) is 0 Å². The van der Waals surface area contributed by atoms with Gasteiger partial charge in [0.15, 0.2) is 0 Å². The number of aryl methyl sites for hydroxylation is 1. The molecule has 1 atom stereocenters. The molecule has 0 saturated heterocycles. The molecular formula is C36H21Br3. The summed E-state index contributed by atoms with van der Waals surface area (Å²) in [7, 11) is 0. The van der Waals surface area contributed by atoms with Crippen molar-refractivity contribution in [1.82, 2.24) is 0 Å². The molecule has 2 aliphatic rings. The van der Waals surface area contributed by atoms with Crippen LogP contribution in [0.3, 0.4) is 0 Å². The van der Waals surface area contributed by atoms with Crippen LogP contribution >= 0.6 is 47.8 Å². The molecule has 0 aliphatic heterocycles. The smallest absolute Gasteiger partial charge is 0.0619 e. The molecule has 0 nitrogen and oxygen atoms in total. The van der Waals surface area contributed by atoms with E-state index in [4.69, 9.17) is 0 Å². The Kier molecular flexibility index (Phi) is 5.21. The maximum Gasteiger partial charge on any atom is 0.0726 e. The second-order valence-electron chi connectivity index (χ2n) is 10.5. The molecule has 1 unspecified atom stereocenters. The van der Waals surface area contributed by atoms with E-state index in [1.165, 1.54) is 72.0 Å². The van der Waals surface area contributed by atoms with E-state index >= 15 is 0 Å². The fraction of sp³-hybridized carbons (Fsp3) is 0.0556. The van der Waals surface area contributed by atoms with Crippen LogP contribution in [0.4, 0.5) is 0 Å². The van der Waals surface area contributed by atoms with Gasteiger partial charge in [0, 0.05) is 13.4 Å². The van der Waals surface area contributed by atoms with Crippen molar-refractivity contribution >= 4 is 58.6 Å². The van der Waals surface area contributed by atoms with Crippen molar-refractivity contribution in [3.05, 3.63) is 150 Å². The fourth-order valence-electron chi connectivity index (χ4n) is 7.02. The molecule has 6 aromatic rings. The van der Waals surface area contributed by atoms with Gasteiger partial charge in [-0.2, -0.15) is 0 Å². The minimum absolute atomic E-state index is 0.501. The first-order valence-corrected chi connectivity index (χ1v) is 15.4. The van der Waals surface area contributed by atoms with E-state index in [1.54, 1.807) is 0 Å². The molecule has 39 heavy (non-hydrogen) atoms. The normalized spacial score (nSPS) is 16.3. The van der Waals surface area contributed by atoms with E-state index in [2.05, 4.69) is 164 Å². The third-order valence-electron chi connectivity index (χ3n) is 8.61. The first-order chi connectivity index (χ1) is 19.0. The van der Waals surface area contributed by atoms with E-state index < -0.39 is 5.41 Å². The van der Waals surface area contributed by atoms with Crippen LogP contribution in [0.5, 0.6) is 0 Å². The van der Waals surface area contributed by atoms with E-state index in [9.17, 15) is 0 Å². The molecule has 8 rings (SSSR count). The molecule has 0 amide bonds. The molecule has 2 aliphatic carbocycles. The molecule has 1 spiro atoms. The van der Waals surface area contributed by atoms with Gasteiger partial charge in [0.2, 0.25) is 0 Å². The van der Waals surface area contributed by atoms with Gasteiger partial charge < -0.3 is 0 Å². The summed E-state index contributed by atoms with van der Waals surface area (Å²) in [5.74, 6) is 0. The van der Waals surface area contributed by atoms with Crippen molar-refractivity contribution in [3.8, 4) is 33.4 Å². The lowest BCUT2D eigenvalue weighted by Crippen LogP contribution is -2.29. The number of fused-ring (bicyclic) bond motifs is 14. The van der Waals surface area contributed by atoms with E-state index in [0.29, 0.717) is 0 Å². The van der Waals surface area contributed by atoms with E-state index in [0.717, 1.165) is 13.4 Å².